The number of nitrogens with one attached hydrogen (secondary N) is 1. The summed E-state index contributed by atoms with van der Waals surface area (Å²) < 4.78 is 0. The summed E-state index contributed by atoms with van der Waals surface area (Å²) >= 11 is 0. The van der Waals surface area contributed by atoms with Crippen molar-refractivity contribution >= 4 is 11.6 Å². The van der Waals surface area contributed by atoms with Crippen LogP contribution in [0.2, 0.25) is 0 Å². The molecule has 2 aromatic carbocycles. The van der Waals surface area contributed by atoms with Crippen molar-refractivity contribution in [3.05, 3.63) is 65.2 Å². The summed E-state index contributed by atoms with van der Waals surface area (Å²) in [5.41, 5.74) is 9.75. The lowest BCUT2D eigenvalue weighted by molar-refractivity contribution is 0.0933. The molecule has 1 unspecified atom stereocenters. The first-order valence-corrected chi connectivity index (χ1v) is 8.08. The molecule has 0 fully saturated rings. The second kappa shape index (κ2) is 6.84. The Kier molecular flexibility index (Phi) is 4.63. The van der Waals surface area contributed by atoms with Crippen LogP contribution in [-0.4, -0.2) is 29.9 Å². The first kappa shape index (κ1) is 15.6. The Labute approximate surface area is 137 Å². The van der Waals surface area contributed by atoms with Gasteiger partial charge in [0, 0.05) is 31.4 Å². The summed E-state index contributed by atoms with van der Waals surface area (Å²) in [6, 6.07) is 16.0. The minimum atomic E-state index is -0.104. The van der Waals surface area contributed by atoms with Crippen molar-refractivity contribution in [2.24, 2.45) is 0 Å². The van der Waals surface area contributed by atoms with E-state index in [0.29, 0.717) is 17.8 Å². The van der Waals surface area contributed by atoms with Crippen LogP contribution in [0.5, 0.6) is 0 Å². The fourth-order valence-corrected chi connectivity index (χ4v) is 3.06. The van der Waals surface area contributed by atoms with E-state index in [1.807, 2.05) is 12.1 Å². The molecular formula is C19H23N3O. The summed E-state index contributed by atoms with van der Waals surface area (Å²) in [4.78, 5) is 14.7. The van der Waals surface area contributed by atoms with Crippen molar-refractivity contribution in [2.75, 3.05) is 18.8 Å². The van der Waals surface area contributed by atoms with E-state index in [1.54, 1.807) is 12.1 Å². The van der Waals surface area contributed by atoms with Crippen molar-refractivity contribution in [1.29, 1.82) is 0 Å². The van der Waals surface area contributed by atoms with Crippen LogP contribution >= 0.6 is 0 Å². The molecule has 0 aliphatic carbocycles. The third kappa shape index (κ3) is 3.54. The highest BCUT2D eigenvalue weighted by molar-refractivity contribution is 5.99. The van der Waals surface area contributed by atoms with Crippen molar-refractivity contribution in [1.82, 2.24) is 10.2 Å². The Balaban J connectivity index is 1.57. The first-order chi connectivity index (χ1) is 11.1. The zero-order valence-corrected chi connectivity index (χ0v) is 13.5. The second-order valence-corrected chi connectivity index (χ2v) is 6.14. The average Bonchev–Trinajstić information content (AvgIpc) is 2.59. The SMILES string of the molecule is CC(CNC(=O)c1ccccc1N)N1CCc2ccccc2C1. The number of nitrogens with two attached hydrogens (primary N) is 1. The van der Waals surface area contributed by atoms with E-state index < -0.39 is 0 Å². The van der Waals surface area contributed by atoms with E-state index in [2.05, 4.69) is 41.4 Å². The number of nitrogen functional groups attached to an aromatic ring is 1. The predicted octanol–water partition coefficient (Wildman–Crippen LogP) is 2.45. The monoisotopic (exact) mass is 309 g/mol. The molecule has 4 nitrogen and oxygen atoms in total. The molecule has 3 rings (SSSR count). The van der Waals surface area contributed by atoms with Crippen molar-refractivity contribution in [3.8, 4) is 0 Å². The molecule has 0 saturated heterocycles. The van der Waals surface area contributed by atoms with Crippen LogP contribution in [-0.2, 0) is 13.0 Å². The highest BCUT2D eigenvalue weighted by atomic mass is 16.1. The molecule has 1 aliphatic heterocycles. The molecule has 0 saturated carbocycles. The van der Waals surface area contributed by atoms with E-state index in [1.165, 1.54) is 11.1 Å². The molecular weight excluding hydrogens is 286 g/mol. The van der Waals surface area contributed by atoms with Gasteiger partial charge in [-0.2, -0.15) is 0 Å². The van der Waals surface area contributed by atoms with Gasteiger partial charge < -0.3 is 11.1 Å². The Morgan fingerprint density at radius 1 is 1.17 bits per heavy atom. The zero-order chi connectivity index (χ0) is 16.2. The van der Waals surface area contributed by atoms with Gasteiger partial charge in [0.05, 0.1) is 5.56 Å². The van der Waals surface area contributed by atoms with Gasteiger partial charge in [-0.15, -0.1) is 0 Å². The van der Waals surface area contributed by atoms with Gasteiger partial charge in [0.1, 0.15) is 0 Å². The molecule has 3 N–H and O–H groups in total. The lowest BCUT2D eigenvalue weighted by Gasteiger charge is -2.33. The number of rotatable bonds is 4. The molecule has 0 spiro atoms. The number of carbonyl (C=O) groups excluding carboxylic acids is 1. The number of para-hydroxylation sites is 1. The maximum Gasteiger partial charge on any atom is 0.253 e. The van der Waals surface area contributed by atoms with E-state index in [4.69, 9.17) is 5.73 Å². The van der Waals surface area contributed by atoms with Crippen LogP contribution in [0.3, 0.4) is 0 Å². The Bertz CT molecular complexity index is 699. The van der Waals surface area contributed by atoms with Crippen LogP contribution < -0.4 is 11.1 Å². The van der Waals surface area contributed by atoms with Gasteiger partial charge in [0.25, 0.3) is 5.91 Å². The molecule has 0 radical (unpaired) electrons. The largest absolute Gasteiger partial charge is 0.398 e. The topological polar surface area (TPSA) is 58.4 Å². The van der Waals surface area contributed by atoms with Gasteiger partial charge in [-0.3, -0.25) is 9.69 Å². The van der Waals surface area contributed by atoms with Crippen LogP contribution in [0.1, 0.15) is 28.4 Å². The molecule has 1 atom stereocenters. The number of hydrogen-bond acceptors (Lipinski definition) is 3. The van der Waals surface area contributed by atoms with Gasteiger partial charge in [0.2, 0.25) is 0 Å². The smallest absolute Gasteiger partial charge is 0.253 e. The van der Waals surface area contributed by atoms with Gasteiger partial charge in [-0.05, 0) is 36.6 Å². The van der Waals surface area contributed by atoms with Crippen LogP contribution in [0.25, 0.3) is 0 Å². The fourth-order valence-electron chi connectivity index (χ4n) is 3.06. The quantitative estimate of drug-likeness (QED) is 0.853. The summed E-state index contributed by atoms with van der Waals surface area (Å²) in [6.45, 7) is 4.75. The molecule has 1 aliphatic rings. The van der Waals surface area contributed by atoms with Gasteiger partial charge in [-0.1, -0.05) is 36.4 Å². The number of amides is 1. The summed E-state index contributed by atoms with van der Waals surface area (Å²) in [6.07, 6.45) is 1.07. The second-order valence-electron chi connectivity index (χ2n) is 6.14. The van der Waals surface area contributed by atoms with Crippen molar-refractivity contribution in [3.63, 3.8) is 0 Å². The maximum atomic E-state index is 12.2. The lowest BCUT2D eigenvalue weighted by atomic mass is 9.99. The van der Waals surface area contributed by atoms with E-state index in [9.17, 15) is 4.79 Å². The molecule has 23 heavy (non-hydrogen) atoms. The standard InChI is InChI=1S/C19H23N3O/c1-14(12-21-19(23)17-8-4-5-9-18(17)20)22-11-10-15-6-2-3-7-16(15)13-22/h2-9,14H,10-13,20H2,1H3,(H,21,23). The van der Waals surface area contributed by atoms with Gasteiger partial charge in [0.15, 0.2) is 0 Å². The predicted molar refractivity (Wildman–Crippen MR) is 93.2 cm³/mol. The Hall–Kier alpha value is -2.33. The summed E-state index contributed by atoms with van der Waals surface area (Å²) in [5, 5.41) is 3.00. The number of hydrogen-bond donors (Lipinski definition) is 2. The number of carbonyl (C=O) groups is 1. The number of fused-ring (bicyclic) bond motifs is 1. The number of nitrogens with zero attached hydrogens (tertiary/aromatic N) is 1. The molecule has 0 aromatic heterocycles. The van der Waals surface area contributed by atoms with E-state index >= 15 is 0 Å². The number of anilines is 1. The Morgan fingerprint density at radius 2 is 1.87 bits per heavy atom. The zero-order valence-electron chi connectivity index (χ0n) is 13.5. The van der Waals surface area contributed by atoms with Crippen LogP contribution in [0.15, 0.2) is 48.5 Å². The maximum absolute atomic E-state index is 12.2. The fraction of sp³-hybridized carbons (Fsp3) is 0.316. The highest BCUT2D eigenvalue weighted by Gasteiger charge is 2.21. The third-order valence-corrected chi connectivity index (χ3v) is 4.55. The lowest BCUT2D eigenvalue weighted by Crippen LogP contribution is -2.44. The molecule has 0 bridgehead atoms. The molecule has 4 heteroatoms. The van der Waals surface area contributed by atoms with Crippen LogP contribution in [0, 0.1) is 0 Å². The van der Waals surface area contributed by atoms with Gasteiger partial charge in [-0.25, -0.2) is 0 Å². The van der Waals surface area contributed by atoms with Crippen molar-refractivity contribution < 1.29 is 4.79 Å². The van der Waals surface area contributed by atoms with Gasteiger partial charge >= 0.3 is 0 Å². The third-order valence-electron chi connectivity index (χ3n) is 4.55. The molecule has 1 heterocycles. The van der Waals surface area contributed by atoms with Crippen LogP contribution in [0.4, 0.5) is 5.69 Å². The van der Waals surface area contributed by atoms with Crippen molar-refractivity contribution in [2.45, 2.75) is 25.9 Å². The summed E-state index contributed by atoms with van der Waals surface area (Å²) in [5.74, 6) is -0.104. The average molecular weight is 309 g/mol. The molecule has 2 aromatic rings. The first-order valence-electron chi connectivity index (χ1n) is 8.08. The normalized spacial score (nSPS) is 15.7. The minimum Gasteiger partial charge on any atom is -0.398 e. The summed E-state index contributed by atoms with van der Waals surface area (Å²) in [7, 11) is 0. The highest BCUT2D eigenvalue weighted by Crippen LogP contribution is 2.20. The Morgan fingerprint density at radius 3 is 2.65 bits per heavy atom. The van der Waals surface area contributed by atoms with E-state index in [-0.39, 0.29) is 11.9 Å². The van der Waals surface area contributed by atoms with E-state index in [0.717, 1.165) is 19.5 Å². The number of benzene rings is 2. The minimum absolute atomic E-state index is 0.104. The molecule has 1 amide bonds. The molecule has 120 valence electrons.